The lowest BCUT2D eigenvalue weighted by molar-refractivity contribution is -0.171. The molecule has 0 aliphatic carbocycles. The number of alkyl carbamates (subject to hydrolysis) is 1. The number of hydrogen-bond donors (Lipinski definition) is 1. The van der Waals surface area contributed by atoms with E-state index < -0.39 is 29.9 Å². The Morgan fingerprint density at radius 2 is 1.31 bits per heavy atom. The van der Waals surface area contributed by atoms with Crippen molar-refractivity contribution in [1.82, 2.24) is 10.4 Å². The molecule has 32 heavy (non-hydrogen) atoms. The normalized spacial score (nSPS) is 13.3. The van der Waals surface area contributed by atoms with Crippen molar-refractivity contribution >= 4 is 23.9 Å². The Morgan fingerprint density at radius 3 is 1.91 bits per heavy atom. The highest BCUT2D eigenvalue weighted by molar-refractivity contribution is 6.20. The number of nitrogens with zero attached hydrogens (tertiary/aromatic N) is 1. The molecule has 3 aromatic carbocycles. The molecule has 1 N–H and O–H groups in total. The minimum Gasteiger partial charge on any atom is -0.445 e. The van der Waals surface area contributed by atoms with Crippen LogP contribution in [0.2, 0.25) is 0 Å². The van der Waals surface area contributed by atoms with Gasteiger partial charge in [0.25, 0.3) is 11.8 Å². The first-order valence-corrected chi connectivity index (χ1v) is 9.76. The third kappa shape index (κ3) is 4.34. The second-order valence-corrected chi connectivity index (χ2v) is 6.91. The van der Waals surface area contributed by atoms with Gasteiger partial charge in [0.1, 0.15) is 6.61 Å². The summed E-state index contributed by atoms with van der Waals surface area (Å²) in [6, 6.07) is 22.2. The maximum atomic E-state index is 12.9. The smallest absolute Gasteiger partial charge is 0.408 e. The molecule has 1 aliphatic heterocycles. The molecule has 0 radical (unpaired) electrons. The van der Waals surface area contributed by atoms with E-state index in [0.29, 0.717) is 10.6 Å². The van der Waals surface area contributed by atoms with Gasteiger partial charge in [0.05, 0.1) is 11.1 Å². The van der Waals surface area contributed by atoms with Crippen LogP contribution < -0.4 is 5.32 Å². The topological polar surface area (TPSA) is 102 Å². The third-order valence-electron chi connectivity index (χ3n) is 4.78. The van der Waals surface area contributed by atoms with Crippen molar-refractivity contribution in [3.8, 4) is 0 Å². The van der Waals surface area contributed by atoms with Crippen molar-refractivity contribution in [2.24, 2.45) is 0 Å². The predicted octanol–water partition coefficient (Wildman–Crippen LogP) is 3.41. The molecule has 160 valence electrons. The van der Waals surface area contributed by atoms with Gasteiger partial charge in [-0.25, -0.2) is 9.59 Å². The summed E-state index contributed by atoms with van der Waals surface area (Å²) >= 11 is 0. The van der Waals surface area contributed by atoms with Crippen LogP contribution >= 0.6 is 0 Å². The summed E-state index contributed by atoms with van der Waals surface area (Å²) in [4.78, 5) is 55.4. The van der Waals surface area contributed by atoms with Gasteiger partial charge in [0.15, 0.2) is 6.04 Å². The molecule has 3 aromatic rings. The summed E-state index contributed by atoms with van der Waals surface area (Å²) in [5, 5.41) is 2.85. The van der Waals surface area contributed by atoms with Crippen molar-refractivity contribution in [2.45, 2.75) is 12.6 Å². The number of carbonyl (C=O) groups is 4. The number of imide groups is 1. The molecule has 4 rings (SSSR count). The van der Waals surface area contributed by atoms with E-state index in [-0.39, 0.29) is 17.7 Å². The molecule has 1 atom stereocenters. The van der Waals surface area contributed by atoms with Gasteiger partial charge in [-0.15, -0.1) is 0 Å². The molecule has 0 saturated carbocycles. The Kier molecular flexibility index (Phi) is 5.94. The van der Waals surface area contributed by atoms with Crippen molar-refractivity contribution in [1.29, 1.82) is 0 Å². The van der Waals surface area contributed by atoms with Crippen LogP contribution in [0.25, 0.3) is 0 Å². The van der Waals surface area contributed by atoms with Gasteiger partial charge in [-0.3, -0.25) is 9.59 Å². The van der Waals surface area contributed by atoms with Crippen LogP contribution in [0, 0.1) is 0 Å². The maximum Gasteiger partial charge on any atom is 0.408 e. The lowest BCUT2D eigenvalue weighted by atomic mass is 10.1. The molecule has 1 aliphatic rings. The van der Waals surface area contributed by atoms with Crippen LogP contribution in [0.3, 0.4) is 0 Å². The predicted molar refractivity (Wildman–Crippen MR) is 112 cm³/mol. The fourth-order valence-electron chi connectivity index (χ4n) is 3.20. The maximum absolute atomic E-state index is 12.9. The minimum absolute atomic E-state index is 0.00162. The van der Waals surface area contributed by atoms with Gasteiger partial charge in [0.2, 0.25) is 0 Å². The van der Waals surface area contributed by atoms with Crippen LogP contribution in [-0.4, -0.2) is 28.9 Å². The lowest BCUT2D eigenvalue weighted by Crippen LogP contribution is -2.40. The molecule has 0 saturated heterocycles. The molecular formula is C24H18N2O6. The van der Waals surface area contributed by atoms with E-state index in [1.54, 1.807) is 54.6 Å². The average molecular weight is 430 g/mol. The Hall–Kier alpha value is -4.46. The molecule has 0 aromatic heterocycles. The number of hydroxylamine groups is 2. The summed E-state index contributed by atoms with van der Waals surface area (Å²) < 4.78 is 5.19. The lowest BCUT2D eigenvalue weighted by Gasteiger charge is -2.20. The summed E-state index contributed by atoms with van der Waals surface area (Å²) in [6.07, 6.45) is -0.859. The first kappa shape index (κ1) is 20.8. The Balaban J connectivity index is 1.48. The molecule has 3 amide bonds. The molecular weight excluding hydrogens is 412 g/mol. The number of amides is 3. The van der Waals surface area contributed by atoms with Crippen LogP contribution in [0.4, 0.5) is 4.79 Å². The van der Waals surface area contributed by atoms with Gasteiger partial charge in [0, 0.05) is 0 Å². The first-order valence-electron chi connectivity index (χ1n) is 9.76. The monoisotopic (exact) mass is 430 g/mol. The quantitative estimate of drug-likeness (QED) is 0.602. The van der Waals surface area contributed by atoms with Gasteiger partial charge in [-0.2, -0.15) is 0 Å². The summed E-state index contributed by atoms with van der Waals surface area (Å²) in [5.41, 5.74) is 1.44. The van der Waals surface area contributed by atoms with E-state index in [0.717, 1.165) is 5.56 Å². The number of carbonyl (C=O) groups excluding carboxylic acids is 4. The number of benzene rings is 3. The van der Waals surface area contributed by atoms with Gasteiger partial charge < -0.3 is 14.9 Å². The number of fused-ring (bicyclic) bond motifs is 1. The fraction of sp³-hybridized carbons (Fsp3) is 0.0833. The fourth-order valence-corrected chi connectivity index (χ4v) is 3.20. The van der Waals surface area contributed by atoms with Crippen LogP contribution in [0.15, 0.2) is 84.9 Å². The van der Waals surface area contributed by atoms with Crippen molar-refractivity contribution in [3.05, 3.63) is 107 Å². The highest BCUT2D eigenvalue weighted by atomic mass is 16.7. The van der Waals surface area contributed by atoms with Crippen LogP contribution in [0.1, 0.15) is 37.9 Å². The minimum atomic E-state index is -1.30. The zero-order chi connectivity index (χ0) is 22.5. The second-order valence-electron chi connectivity index (χ2n) is 6.91. The van der Waals surface area contributed by atoms with Gasteiger partial charge in [-0.05, 0) is 23.3 Å². The van der Waals surface area contributed by atoms with Crippen LogP contribution in [-0.2, 0) is 21.0 Å². The molecule has 1 heterocycles. The van der Waals surface area contributed by atoms with E-state index in [2.05, 4.69) is 5.32 Å². The molecule has 0 bridgehead atoms. The SMILES string of the molecule is O=C(NC(C(=O)ON1C(=O)c2ccccc2C1=O)c1ccccc1)OCc1ccccc1. The summed E-state index contributed by atoms with van der Waals surface area (Å²) in [7, 11) is 0. The van der Waals surface area contributed by atoms with E-state index >= 15 is 0 Å². The molecule has 8 nitrogen and oxygen atoms in total. The Bertz CT molecular complexity index is 1130. The molecule has 0 spiro atoms. The number of nitrogens with one attached hydrogen (secondary N) is 1. The molecule has 8 heteroatoms. The Morgan fingerprint density at radius 1 is 0.781 bits per heavy atom. The standard InChI is InChI=1S/C24H18N2O6/c27-21-18-13-7-8-14-19(18)22(28)26(21)32-23(29)20(17-11-5-2-6-12-17)25-24(30)31-15-16-9-3-1-4-10-16/h1-14,20H,15H2,(H,25,30). The zero-order valence-electron chi connectivity index (χ0n) is 16.8. The third-order valence-corrected chi connectivity index (χ3v) is 4.78. The van der Waals surface area contributed by atoms with Crippen LogP contribution in [0.5, 0.6) is 0 Å². The Labute approximate surface area is 183 Å². The number of rotatable bonds is 6. The van der Waals surface area contributed by atoms with E-state index in [9.17, 15) is 19.2 Å². The first-order chi connectivity index (χ1) is 15.5. The largest absolute Gasteiger partial charge is 0.445 e. The van der Waals surface area contributed by atoms with Crippen molar-refractivity contribution in [2.75, 3.05) is 0 Å². The molecule has 0 fully saturated rings. The van der Waals surface area contributed by atoms with E-state index in [1.165, 1.54) is 12.1 Å². The van der Waals surface area contributed by atoms with Crippen molar-refractivity contribution < 1.29 is 28.8 Å². The van der Waals surface area contributed by atoms with Gasteiger partial charge in [-0.1, -0.05) is 77.9 Å². The number of hydrogen-bond acceptors (Lipinski definition) is 6. The van der Waals surface area contributed by atoms with E-state index in [4.69, 9.17) is 9.57 Å². The highest BCUT2D eigenvalue weighted by Crippen LogP contribution is 2.24. The zero-order valence-corrected chi connectivity index (χ0v) is 16.8. The highest BCUT2D eigenvalue weighted by Gasteiger charge is 2.40. The van der Waals surface area contributed by atoms with E-state index in [1.807, 2.05) is 18.2 Å². The second kappa shape index (κ2) is 9.13. The average Bonchev–Trinajstić information content (AvgIpc) is 3.07. The summed E-state index contributed by atoms with van der Waals surface area (Å²) in [6.45, 7) is 0.00162. The molecule has 1 unspecified atom stereocenters. The van der Waals surface area contributed by atoms with Crippen molar-refractivity contribution in [3.63, 3.8) is 0 Å². The number of ether oxygens (including phenoxy) is 1. The summed E-state index contributed by atoms with van der Waals surface area (Å²) in [5.74, 6) is -2.52. The van der Waals surface area contributed by atoms with Gasteiger partial charge >= 0.3 is 12.1 Å².